The van der Waals surface area contributed by atoms with E-state index in [0.29, 0.717) is 0 Å². The van der Waals surface area contributed by atoms with Gasteiger partial charge in [-0.05, 0) is 0 Å². The number of nitrogens with one attached hydrogen (secondary N) is 1. The molecule has 0 fully saturated rings. The quantitative estimate of drug-likeness (QED) is 0.578. The van der Waals surface area contributed by atoms with Gasteiger partial charge in [0.2, 0.25) is 0 Å². The molecule has 0 radical (unpaired) electrons. The molecule has 1 N–H and O–H groups in total. The van der Waals surface area contributed by atoms with Gasteiger partial charge in [-0.3, -0.25) is 4.98 Å². The lowest BCUT2D eigenvalue weighted by Gasteiger charge is -1.85. The lowest BCUT2D eigenvalue weighted by molar-refractivity contribution is 0.908. The van der Waals surface area contributed by atoms with E-state index >= 15 is 0 Å². The summed E-state index contributed by atoms with van der Waals surface area (Å²) < 4.78 is 0.994. The van der Waals surface area contributed by atoms with Crippen LogP contribution in [0, 0.1) is 0 Å². The summed E-state index contributed by atoms with van der Waals surface area (Å²) in [5.74, 6) is 0. The summed E-state index contributed by atoms with van der Waals surface area (Å²) in [6.45, 7) is 0. The second-order valence-electron chi connectivity index (χ2n) is 1.29. The van der Waals surface area contributed by atoms with Crippen molar-refractivity contribution in [2.24, 2.45) is 0 Å². The van der Waals surface area contributed by atoms with Gasteiger partial charge in [0.05, 0.1) is 16.1 Å². The highest BCUT2D eigenvalue weighted by Gasteiger charge is 1.88. The Morgan fingerprint density at radius 3 is 2.78 bits per heavy atom. The van der Waals surface area contributed by atoms with Crippen LogP contribution in [0.25, 0.3) is 0 Å². The molecular formula is C3H2BrN3O2. The monoisotopic (exact) mass is 191 g/mol. The zero-order valence-electron chi connectivity index (χ0n) is 4.17. The Bertz CT molecular complexity index is 313. The molecule has 1 heterocycles. The molecule has 0 spiro atoms. The molecule has 0 amide bonds. The lowest BCUT2D eigenvalue weighted by atomic mass is 11.0. The first-order chi connectivity index (χ1) is 4.20. The Balaban J connectivity index is 3.52. The summed E-state index contributed by atoms with van der Waals surface area (Å²) in [4.78, 5) is 25.9. The first-order valence-electron chi connectivity index (χ1n) is 2.04. The van der Waals surface area contributed by atoms with Gasteiger partial charge in [0, 0.05) is 0 Å². The van der Waals surface area contributed by atoms with E-state index in [1.165, 1.54) is 0 Å². The minimum atomic E-state index is -0.643. The molecule has 1 aromatic heterocycles. The Labute approximate surface area is 57.7 Å². The summed E-state index contributed by atoms with van der Waals surface area (Å²) in [5, 5.41) is 0. The van der Waals surface area contributed by atoms with Gasteiger partial charge >= 0.3 is 11.4 Å². The van der Waals surface area contributed by atoms with Crippen LogP contribution in [0.4, 0.5) is 0 Å². The Morgan fingerprint density at radius 2 is 2.33 bits per heavy atom. The number of aromatic amines is 1. The van der Waals surface area contributed by atoms with Crippen LogP contribution in [0.15, 0.2) is 15.9 Å². The molecule has 0 bridgehead atoms. The summed E-state index contributed by atoms with van der Waals surface area (Å²) >= 11 is 2.80. The first-order valence-corrected chi connectivity index (χ1v) is 2.75. The number of rotatable bonds is 0. The fraction of sp³-hybridized carbons (Fsp3) is 0. The maximum atomic E-state index is 10.5. The number of hydrogen-bond donors (Lipinski definition) is 1. The summed E-state index contributed by atoms with van der Waals surface area (Å²) in [6, 6.07) is 0. The van der Waals surface area contributed by atoms with Crippen molar-refractivity contribution in [3.63, 3.8) is 0 Å². The normalized spacial score (nSPS) is 9.44. The average Bonchev–Trinajstić information content (AvgIpc) is 1.80. The SMILES string of the molecule is O=c1ncn(Br)c(=O)[nH]1. The summed E-state index contributed by atoms with van der Waals surface area (Å²) in [6.07, 6.45) is 1.08. The van der Waals surface area contributed by atoms with Crippen LogP contribution in [0.3, 0.4) is 0 Å². The molecular weight excluding hydrogens is 190 g/mol. The zero-order chi connectivity index (χ0) is 6.85. The van der Waals surface area contributed by atoms with Crippen LogP contribution in [0.2, 0.25) is 0 Å². The maximum absolute atomic E-state index is 10.5. The van der Waals surface area contributed by atoms with Crippen molar-refractivity contribution in [2.45, 2.75) is 0 Å². The predicted octanol–water partition coefficient (Wildman–Crippen LogP) is -0.910. The van der Waals surface area contributed by atoms with Crippen molar-refractivity contribution < 1.29 is 0 Å². The van der Waals surface area contributed by atoms with Crippen LogP contribution < -0.4 is 11.4 Å². The maximum Gasteiger partial charge on any atom is 0.350 e. The van der Waals surface area contributed by atoms with Crippen molar-refractivity contribution in [2.75, 3.05) is 0 Å². The summed E-state index contributed by atoms with van der Waals surface area (Å²) in [7, 11) is 0. The second-order valence-corrected chi connectivity index (χ2v) is 2.06. The second kappa shape index (κ2) is 2.14. The highest BCUT2D eigenvalue weighted by atomic mass is 79.9. The van der Waals surface area contributed by atoms with Gasteiger partial charge in [0.1, 0.15) is 6.33 Å². The Morgan fingerprint density at radius 1 is 1.67 bits per heavy atom. The van der Waals surface area contributed by atoms with Crippen LogP contribution in [-0.4, -0.2) is 13.6 Å². The van der Waals surface area contributed by atoms with Gasteiger partial charge in [0.25, 0.3) is 0 Å². The third-order valence-corrected chi connectivity index (χ3v) is 1.19. The largest absolute Gasteiger partial charge is 0.350 e. The van der Waals surface area contributed by atoms with Gasteiger partial charge in [-0.2, -0.15) is 4.98 Å². The molecule has 48 valence electrons. The predicted molar refractivity (Wildman–Crippen MR) is 33.4 cm³/mol. The van der Waals surface area contributed by atoms with Crippen molar-refractivity contribution in [3.05, 3.63) is 27.3 Å². The number of nitrogens with zero attached hydrogens (tertiary/aromatic N) is 2. The molecule has 0 saturated heterocycles. The molecule has 1 aromatic rings. The molecule has 0 aliphatic carbocycles. The number of aromatic nitrogens is 3. The van der Waals surface area contributed by atoms with E-state index < -0.39 is 11.4 Å². The van der Waals surface area contributed by atoms with Gasteiger partial charge in [-0.1, -0.05) is 0 Å². The molecule has 0 saturated carbocycles. The van der Waals surface area contributed by atoms with E-state index in [2.05, 4.69) is 21.1 Å². The minimum Gasteiger partial charge on any atom is -0.257 e. The highest BCUT2D eigenvalue weighted by Crippen LogP contribution is 1.75. The number of hydrogen-bond acceptors (Lipinski definition) is 3. The molecule has 0 atom stereocenters. The topological polar surface area (TPSA) is 67.8 Å². The van der Waals surface area contributed by atoms with E-state index in [1.54, 1.807) is 0 Å². The number of H-pyrrole nitrogens is 1. The Hall–Kier alpha value is -0.910. The van der Waals surface area contributed by atoms with Crippen LogP contribution in [0.5, 0.6) is 0 Å². The van der Waals surface area contributed by atoms with Gasteiger partial charge in [-0.25, -0.2) is 13.2 Å². The first kappa shape index (κ1) is 6.21. The lowest BCUT2D eigenvalue weighted by Crippen LogP contribution is -2.26. The highest BCUT2D eigenvalue weighted by molar-refractivity contribution is 9.08. The van der Waals surface area contributed by atoms with Crippen molar-refractivity contribution in [1.29, 1.82) is 0 Å². The van der Waals surface area contributed by atoms with E-state index in [0.717, 1.165) is 9.92 Å². The molecule has 0 aliphatic rings. The van der Waals surface area contributed by atoms with E-state index in [1.807, 2.05) is 4.98 Å². The molecule has 6 heteroatoms. The Kier molecular flexibility index (Phi) is 1.48. The third-order valence-electron chi connectivity index (χ3n) is 0.684. The van der Waals surface area contributed by atoms with Gasteiger partial charge in [0.15, 0.2) is 0 Å². The fourth-order valence-electron chi connectivity index (χ4n) is 0.333. The summed E-state index contributed by atoms with van der Waals surface area (Å²) in [5.41, 5.74) is -1.18. The van der Waals surface area contributed by atoms with Crippen LogP contribution in [0.1, 0.15) is 0 Å². The van der Waals surface area contributed by atoms with Crippen molar-refractivity contribution >= 4 is 16.1 Å². The van der Waals surface area contributed by atoms with Crippen LogP contribution >= 0.6 is 16.1 Å². The average molecular weight is 192 g/mol. The van der Waals surface area contributed by atoms with Crippen LogP contribution in [-0.2, 0) is 0 Å². The smallest absolute Gasteiger partial charge is 0.257 e. The standard InChI is InChI=1S/C3H2BrN3O2/c4-7-1-5-2(8)6-3(7)9/h1H,(H,6,8,9). The molecule has 9 heavy (non-hydrogen) atoms. The molecule has 0 unspecified atom stereocenters. The van der Waals surface area contributed by atoms with Crippen molar-refractivity contribution in [1.82, 2.24) is 13.6 Å². The number of halogens is 1. The molecule has 0 aromatic carbocycles. The zero-order valence-corrected chi connectivity index (χ0v) is 5.75. The molecule has 0 aliphatic heterocycles. The minimum absolute atomic E-state index is 0.532. The molecule has 1 rings (SSSR count). The third kappa shape index (κ3) is 1.26. The fourth-order valence-corrected chi connectivity index (χ4v) is 0.513. The van der Waals surface area contributed by atoms with E-state index in [4.69, 9.17) is 0 Å². The van der Waals surface area contributed by atoms with Gasteiger partial charge in [-0.15, -0.1) is 0 Å². The van der Waals surface area contributed by atoms with E-state index in [9.17, 15) is 9.59 Å². The van der Waals surface area contributed by atoms with Crippen molar-refractivity contribution in [3.8, 4) is 0 Å². The van der Waals surface area contributed by atoms with E-state index in [-0.39, 0.29) is 0 Å². The van der Waals surface area contributed by atoms with Gasteiger partial charge < -0.3 is 0 Å². The molecule has 5 nitrogen and oxygen atoms in total.